The molecule has 2 heterocycles. The first-order chi connectivity index (χ1) is 14.5. The second-order valence-electron chi connectivity index (χ2n) is 9.25. The van der Waals surface area contributed by atoms with Gasteiger partial charge in [-0.25, -0.2) is 4.79 Å². The van der Waals surface area contributed by atoms with Crippen molar-refractivity contribution in [3.63, 3.8) is 0 Å². The summed E-state index contributed by atoms with van der Waals surface area (Å²) in [6.07, 6.45) is -0.135. The number of morpholine rings is 1. The molecule has 2 aliphatic rings. The standard InChI is InChI=1S/C22H32N4O5/c1-15-12-16(6-7-17(15)26-10-11-30-13-18(26)27)23-19(28)22(8-9-25(5)14-22)24-20(29)31-21(2,3)4/h6-7,12H,8-11,13-14H2,1-5H3,(H,23,28)(H,24,29). The Labute approximate surface area is 183 Å². The minimum absolute atomic E-state index is 0.0737. The van der Waals surface area contributed by atoms with E-state index in [0.717, 1.165) is 11.3 Å². The number of benzene rings is 1. The number of aryl methyl sites for hydroxylation is 1. The van der Waals surface area contributed by atoms with Gasteiger partial charge in [-0.1, -0.05) is 0 Å². The first-order valence-corrected chi connectivity index (χ1v) is 10.5. The molecule has 3 rings (SSSR count). The average molecular weight is 433 g/mol. The smallest absolute Gasteiger partial charge is 0.408 e. The van der Waals surface area contributed by atoms with Crippen molar-refractivity contribution in [3.05, 3.63) is 23.8 Å². The molecule has 2 fully saturated rings. The number of nitrogens with zero attached hydrogens (tertiary/aromatic N) is 2. The van der Waals surface area contributed by atoms with Crippen LogP contribution in [0.5, 0.6) is 0 Å². The Bertz CT molecular complexity index is 866. The van der Waals surface area contributed by atoms with Crippen molar-refractivity contribution in [1.29, 1.82) is 0 Å². The van der Waals surface area contributed by atoms with E-state index in [9.17, 15) is 14.4 Å². The van der Waals surface area contributed by atoms with Crippen molar-refractivity contribution in [3.8, 4) is 0 Å². The van der Waals surface area contributed by atoms with Crippen molar-refractivity contribution in [2.75, 3.05) is 50.1 Å². The molecule has 31 heavy (non-hydrogen) atoms. The van der Waals surface area contributed by atoms with E-state index in [1.165, 1.54) is 0 Å². The molecule has 1 atom stereocenters. The molecule has 0 radical (unpaired) electrons. The van der Waals surface area contributed by atoms with Gasteiger partial charge in [0.1, 0.15) is 17.7 Å². The summed E-state index contributed by atoms with van der Waals surface area (Å²) in [5, 5.41) is 5.73. The highest BCUT2D eigenvalue weighted by molar-refractivity contribution is 6.01. The van der Waals surface area contributed by atoms with E-state index in [1.54, 1.807) is 31.7 Å². The van der Waals surface area contributed by atoms with Gasteiger partial charge in [0.25, 0.3) is 11.8 Å². The Hall–Kier alpha value is -2.65. The molecule has 2 N–H and O–H groups in total. The SMILES string of the molecule is Cc1cc(NC(=O)C2(NC(=O)OC(C)(C)C)CCN(C)C2)ccc1N1CCOCC1=O. The quantitative estimate of drug-likeness (QED) is 0.754. The maximum Gasteiger partial charge on any atom is 0.408 e. The number of rotatable bonds is 4. The Morgan fingerprint density at radius 1 is 1.23 bits per heavy atom. The number of anilines is 2. The van der Waals surface area contributed by atoms with Crippen molar-refractivity contribution in [2.45, 2.75) is 45.3 Å². The maximum absolute atomic E-state index is 13.2. The van der Waals surface area contributed by atoms with Crippen molar-refractivity contribution in [1.82, 2.24) is 10.2 Å². The van der Waals surface area contributed by atoms with Gasteiger partial charge in [-0.2, -0.15) is 0 Å². The number of amides is 3. The molecule has 1 aromatic carbocycles. The minimum Gasteiger partial charge on any atom is -0.444 e. The van der Waals surface area contributed by atoms with Gasteiger partial charge >= 0.3 is 6.09 Å². The molecule has 2 aliphatic heterocycles. The summed E-state index contributed by atoms with van der Waals surface area (Å²) < 4.78 is 10.6. The minimum atomic E-state index is -1.08. The molecule has 0 aromatic heterocycles. The summed E-state index contributed by atoms with van der Waals surface area (Å²) in [5.41, 5.74) is 0.533. The summed E-state index contributed by atoms with van der Waals surface area (Å²) in [6, 6.07) is 5.42. The number of likely N-dealkylation sites (N-methyl/N-ethyl adjacent to an activating group) is 1. The fourth-order valence-corrected chi connectivity index (χ4v) is 3.90. The fraction of sp³-hybridized carbons (Fsp3) is 0.591. The van der Waals surface area contributed by atoms with Gasteiger partial charge in [0.15, 0.2) is 0 Å². The highest BCUT2D eigenvalue weighted by atomic mass is 16.6. The average Bonchev–Trinajstić information content (AvgIpc) is 3.03. The van der Waals surface area contributed by atoms with E-state index < -0.39 is 17.2 Å². The third kappa shape index (κ3) is 5.54. The van der Waals surface area contributed by atoms with Crippen LogP contribution in [0.15, 0.2) is 18.2 Å². The maximum atomic E-state index is 13.2. The molecule has 0 bridgehead atoms. The zero-order valence-corrected chi connectivity index (χ0v) is 18.9. The van der Waals surface area contributed by atoms with Gasteiger partial charge < -0.3 is 29.9 Å². The molecule has 0 aliphatic carbocycles. The largest absolute Gasteiger partial charge is 0.444 e. The zero-order valence-electron chi connectivity index (χ0n) is 18.9. The lowest BCUT2D eigenvalue weighted by Gasteiger charge is -2.31. The molecule has 9 heteroatoms. The number of ether oxygens (including phenoxy) is 2. The normalized spacial score (nSPS) is 22.4. The number of hydrogen-bond acceptors (Lipinski definition) is 6. The van der Waals surface area contributed by atoms with Gasteiger partial charge in [-0.3, -0.25) is 9.59 Å². The molecule has 170 valence electrons. The molecule has 2 saturated heterocycles. The number of nitrogens with one attached hydrogen (secondary N) is 2. The molecule has 1 aromatic rings. The number of hydrogen-bond donors (Lipinski definition) is 2. The van der Waals surface area contributed by atoms with Gasteiger partial charge in [0.05, 0.1) is 6.61 Å². The van der Waals surface area contributed by atoms with E-state index in [-0.39, 0.29) is 18.4 Å². The van der Waals surface area contributed by atoms with Crippen molar-refractivity contribution in [2.24, 2.45) is 0 Å². The van der Waals surface area contributed by atoms with Gasteiger partial charge in [-0.05, 0) is 64.9 Å². The van der Waals surface area contributed by atoms with E-state index in [1.807, 2.05) is 31.0 Å². The number of carbonyl (C=O) groups is 3. The molecule has 0 spiro atoms. The first kappa shape index (κ1) is 23.0. The third-order valence-corrected chi connectivity index (χ3v) is 5.37. The van der Waals surface area contributed by atoms with Crippen LogP contribution in [0.25, 0.3) is 0 Å². The molecule has 3 amide bonds. The van der Waals surface area contributed by atoms with Crippen LogP contribution in [0.3, 0.4) is 0 Å². The van der Waals surface area contributed by atoms with Crippen LogP contribution in [0.2, 0.25) is 0 Å². The van der Waals surface area contributed by atoms with E-state index in [2.05, 4.69) is 10.6 Å². The Balaban J connectivity index is 1.75. The Kier molecular flexibility index (Phi) is 6.56. The van der Waals surface area contributed by atoms with Crippen LogP contribution in [0, 0.1) is 6.92 Å². The van der Waals surface area contributed by atoms with Gasteiger partial charge in [-0.15, -0.1) is 0 Å². The van der Waals surface area contributed by atoms with E-state index in [0.29, 0.717) is 38.3 Å². The highest BCUT2D eigenvalue weighted by Crippen LogP contribution is 2.27. The monoisotopic (exact) mass is 432 g/mol. The number of alkyl carbamates (subject to hydrolysis) is 1. The van der Waals surface area contributed by atoms with Crippen LogP contribution in [-0.2, 0) is 19.1 Å². The third-order valence-electron chi connectivity index (χ3n) is 5.37. The first-order valence-electron chi connectivity index (χ1n) is 10.5. The summed E-state index contributed by atoms with van der Waals surface area (Å²) in [7, 11) is 1.91. The van der Waals surface area contributed by atoms with E-state index >= 15 is 0 Å². The molecule has 0 saturated carbocycles. The predicted octanol–water partition coefficient (Wildman–Crippen LogP) is 1.90. The lowest BCUT2D eigenvalue weighted by molar-refractivity contribution is -0.125. The topological polar surface area (TPSA) is 100 Å². The zero-order chi connectivity index (χ0) is 22.8. The van der Waals surface area contributed by atoms with E-state index in [4.69, 9.17) is 9.47 Å². The molecule has 9 nitrogen and oxygen atoms in total. The molecular weight excluding hydrogens is 400 g/mol. The van der Waals surface area contributed by atoms with Crippen LogP contribution in [0.4, 0.5) is 16.2 Å². The number of carbonyl (C=O) groups excluding carboxylic acids is 3. The summed E-state index contributed by atoms with van der Waals surface area (Å²) in [4.78, 5) is 41.5. The number of likely N-dealkylation sites (tertiary alicyclic amines) is 1. The lowest BCUT2D eigenvalue weighted by Crippen LogP contribution is -2.59. The van der Waals surface area contributed by atoms with Gasteiger partial charge in [0.2, 0.25) is 0 Å². The lowest BCUT2D eigenvalue weighted by atomic mass is 9.97. The molecular formula is C22H32N4O5. The highest BCUT2D eigenvalue weighted by Gasteiger charge is 2.45. The van der Waals surface area contributed by atoms with Crippen molar-refractivity contribution < 1.29 is 23.9 Å². The summed E-state index contributed by atoms with van der Waals surface area (Å²) in [5.74, 6) is -0.377. The fourth-order valence-electron chi connectivity index (χ4n) is 3.90. The molecule has 1 unspecified atom stereocenters. The summed E-state index contributed by atoms with van der Waals surface area (Å²) >= 11 is 0. The Morgan fingerprint density at radius 2 is 1.97 bits per heavy atom. The summed E-state index contributed by atoms with van der Waals surface area (Å²) in [6.45, 7) is 9.38. The van der Waals surface area contributed by atoms with Gasteiger partial charge in [0, 0.05) is 31.0 Å². The van der Waals surface area contributed by atoms with Crippen LogP contribution >= 0.6 is 0 Å². The van der Waals surface area contributed by atoms with Crippen LogP contribution < -0.4 is 15.5 Å². The van der Waals surface area contributed by atoms with Crippen LogP contribution in [-0.4, -0.2) is 73.8 Å². The predicted molar refractivity (Wildman–Crippen MR) is 117 cm³/mol. The Morgan fingerprint density at radius 3 is 2.55 bits per heavy atom. The van der Waals surface area contributed by atoms with Crippen LogP contribution in [0.1, 0.15) is 32.8 Å². The van der Waals surface area contributed by atoms with Crippen molar-refractivity contribution >= 4 is 29.3 Å². The second kappa shape index (κ2) is 8.84. The second-order valence-corrected chi connectivity index (χ2v) is 9.25.